The molecule has 2 unspecified atom stereocenters. The highest BCUT2D eigenvalue weighted by atomic mass is 79.9. The maximum Gasteiger partial charge on any atom is 0.145 e. The van der Waals surface area contributed by atoms with E-state index in [2.05, 4.69) is 36.5 Å². The molecule has 19 heavy (non-hydrogen) atoms. The summed E-state index contributed by atoms with van der Waals surface area (Å²) in [6.45, 7) is 1.14. The van der Waals surface area contributed by atoms with E-state index < -0.39 is 0 Å². The first-order valence-electron chi connectivity index (χ1n) is 6.79. The van der Waals surface area contributed by atoms with E-state index >= 15 is 0 Å². The van der Waals surface area contributed by atoms with Crippen LogP contribution in [0.2, 0.25) is 0 Å². The topological polar surface area (TPSA) is 70.1 Å². The lowest BCUT2D eigenvalue weighted by Crippen LogP contribution is -2.29. The van der Waals surface area contributed by atoms with Gasteiger partial charge in [0.2, 0.25) is 0 Å². The number of aliphatic hydroxyl groups is 1. The number of aliphatic hydroxyl groups excluding tert-OH is 1. The summed E-state index contributed by atoms with van der Waals surface area (Å²) in [5.41, 5.74) is 0. The molecule has 106 valence electrons. The van der Waals surface area contributed by atoms with E-state index in [9.17, 15) is 5.11 Å². The second-order valence-corrected chi connectivity index (χ2v) is 5.80. The van der Waals surface area contributed by atoms with Gasteiger partial charge in [-0.3, -0.25) is 0 Å². The summed E-state index contributed by atoms with van der Waals surface area (Å²) in [7, 11) is 1.83. The second kappa shape index (κ2) is 7.05. The zero-order valence-corrected chi connectivity index (χ0v) is 12.8. The third-order valence-electron chi connectivity index (χ3n) is 3.86. The van der Waals surface area contributed by atoms with Gasteiger partial charge in [0.1, 0.15) is 22.4 Å². The van der Waals surface area contributed by atoms with E-state index in [1.165, 1.54) is 19.3 Å². The summed E-state index contributed by atoms with van der Waals surface area (Å²) in [4.78, 5) is 8.38. The van der Waals surface area contributed by atoms with Gasteiger partial charge in [0.15, 0.2) is 0 Å². The van der Waals surface area contributed by atoms with Crippen LogP contribution in [-0.4, -0.2) is 35.3 Å². The van der Waals surface area contributed by atoms with Gasteiger partial charge in [-0.05, 0) is 40.6 Å². The van der Waals surface area contributed by atoms with Crippen LogP contribution in [0, 0.1) is 11.8 Å². The van der Waals surface area contributed by atoms with Crippen LogP contribution in [0.1, 0.15) is 25.7 Å². The molecule has 0 aromatic carbocycles. The molecule has 0 bridgehead atoms. The SMILES string of the molecule is CNc1ncnc(NCC2CCCCC2CO)c1Br. The van der Waals surface area contributed by atoms with Gasteiger partial charge in [0.25, 0.3) is 0 Å². The molecule has 0 radical (unpaired) electrons. The molecule has 1 aromatic heterocycles. The Morgan fingerprint density at radius 3 is 2.63 bits per heavy atom. The largest absolute Gasteiger partial charge is 0.396 e. The quantitative estimate of drug-likeness (QED) is 0.774. The molecular formula is C13H21BrN4O. The zero-order valence-electron chi connectivity index (χ0n) is 11.2. The predicted molar refractivity (Wildman–Crippen MR) is 80.3 cm³/mol. The predicted octanol–water partition coefficient (Wildman–Crippen LogP) is 2.49. The molecule has 1 saturated carbocycles. The van der Waals surface area contributed by atoms with E-state index in [1.807, 2.05) is 7.05 Å². The van der Waals surface area contributed by atoms with Crippen molar-refractivity contribution in [2.24, 2.45) is 11.8 Å². The lowest BCUT2D eigenvalue weighted by atomic mass is 9.79. The Morgan fingerprint density at radius 2 is 1.95 bits per heavy atom. The average molecular weight is 329 g/mol. The molecule has 2 atom stereocenters. The molecule has 1 aromatic rings. The fourth-order valence-corrected chi connectivity index (χ4v) is 3.23. The number of aromatic nitrogens is 2. The van der Waals surface area contributed by atoms with Crippen molar-refractivity contribution in [3.05, 3.63) is 10.8 Å². The first kappa shape index (κ1) is 14.5. The highest BCUT2D eigenvalue weighted by Gasteiger charge is 2.24. The van der Waals surface area contributed by atoms with Gasteiger partial charge in [0, 0.05) is 20.2 Å². The Labute approximate surface area is 122 Å². The number of hydrogen-bond donors (Lipinski definition) is 3. The third-order valence-corrected chi connectivity index (χ3v) is 4.61. The van der Waals surface area contributed by atoms with E-state index in [-0.39, 0.29) is 0 Å². The van der Waals surface area contributed by atoms with Gasteiger partial charge in [0.05, 0.1) is 0 Å². The highest BCUT2D eigenvalue weighted by molar-refractivity contribution is 9.10. The number of rotatable bonds is 5. The number of hydrogen-bond acceptors (Lipinski definition) is 5. The summed E-state index contributed by atoms with van der Waals surface area (Å²) in [6.07, 6.45) is 6.36. The Balaban J connectivity index is 1.98. The standard InChI is InChI=1S/C13H21BrN4O/c1-15-12-11(14)13(18-8-17-12)16-6-9-4-2-3-5-10(9)7-19/h8-10,19H,2-7H2,1H3,(H2,15,16,17,18). The van der Waals surface area contributed by atoms with Gasteiger partial charge in [-0.2, -0.15) is 0 Å². The van der Waals surface area contributed by atoms with Crippen molar-refractivity contribution in [1.82, 2.24) is 9.97 Å². The molecule has 2 rings (SSSR count). The van der Waals surface area contributed by atoms with Gasteiger partial charge < -0.3 is 15.7 Å². The van der Waals surface area contributed by atoms with Crippen LogP contribution in [0.4, 0.5) is 11.6 Å². The van der Waals surface area contributed by atoms with Crippen molar-refractivity contribution in [2.75, 3.05) is 30.8 Å². The molecule has 0 amide bonds. The molecule has 0 aliphatic heterocycles. The molecule has 0 spiro atoms. The van der Waals surface area contributed by atoms with Crippen LogP contribution in [-0.2, 0) is 0 Å². The summed E-state index contributed by atoms with van der Waals surface area (Å²) >= 11 is 3.50. The van der Waals surface area contributed by atoms with Gasteiger partial charge >= 0.3 is 0 Å². The average Bonchev–Trinajstić information content (AvgIpc) is 2.46. The number of halogens is 1. The Hall–Kier alpha value is -0.880. The third kappa shape index (κ3) is 3.57. The molecule has 0 saturated heterocycles. The van der Waals surface area contributed by atoms with E-state index in [4.69, 9.17) is 0 Å². The summed E-state index contributed by atoms with van der Waals surface area (Å²) in [6, 6.07) is 0. The van der Waals surface area contributed by atoms with Crippen molar-refractivity contribution in [1.29, 1.82) is 0 Å². The maximum absolute atomic E-state index is 9.42. The smallest absolute Gasteiger partial charge is 0.145 e. The first-order chi connectivity index (χ1) is 9.26. The summed E-state index contributed by atoms with van der Waals surface area (Å²) in [5, 5.41) is 15.8. The lowest BCUT2D eigenvalue weighted by molar-refractivity contribution is 0.141. The van der Waals surface area contributed by atoms with Crippen molar-refractivity contribution >= 4 is 27.6 Å². The zero-order chi connectivity index (χ0) is 13.7. The minimum atomic E-state index is 0.291. The minimum Gasteiger partial charge on any atom is -0.396 e. The first-order valence-corrected chi connectivity index (χ1v) is 7.58. The van der Waals surface area contributed by atoms with Crippen LogP contribution in [0.5, 0.6) is 0 Å². The van der Waals surface area contributed by atoms with E-state index in [1.54, 1.807) is 6.33 Å². The van der Waals surface area contributed by atoms with Crippen LogP contribution in [0.25, 0.3) is 0 Å². The van der Waals surface area contributed by atoms with Gasteiger partial charge in [-0.25, -0.2) is 9.97 Å². The summed E-state index contributed by atoms with van der Waals surface area (Å²) in [5.74, 6) is 2.53. The van der Waals surface area contributed by atoms with Gasteiger partial charge in [-0.15, -0.1) is 0 Å². The number of anilines is 2. The van der Waals surface area contributed by atoms with Crippen LogP contribution >= 0.6 is 15.9 Å². The minimum absolute atomic E-state index is 0.291. The Kier molecular flexibility index (Phi) is 5.39. The number of nitrogens with zero attached hydrogens (tertiary/aromatic N) is 2. The summed E-state index contributed by atoms with van der Waals surface area (Å²) < 4.78 is 0.855. The second-order valence-electron chi connectivity index (χ2n) is 5.00. The Bertz CT molecular complexity index is 416. The van der Waals surface area contributed by atoms with Crippen LogP contribution in [0.15, 0.2) is 10.8 Å². The molecule has 3 N–H and O–H groups in total. The van der Waals surface area contributed by atoms with E-state index in [0.29, 0.717) is 18.4 Å². The fraction of sp³-hybridized carbons (Fsp3) is 0.692. The van der Waals surface area contributed by atoms with Crippen LogP contribution in [0.3, 0.4) is 0 Å². The van der Waals surface area contributed by atoms with Crippen molar-refractivity contribution < 1.29 is 5.11 Å². The molecular weight excluding hydrogens is 308 g/mol. The van der Waals surface area contributed by atoms with Gasteiger partial charge in [-0.1, -0.05) is 12.8 Å². The van der Waals surface area contributed by atoms with Crippen molar-refractivity contribution in [3.8, 4) is 0 Å². The lowest BCUT2D eigenvalue weighted by Gasteiger charge is -2.30. The van der Waals surface area contributed by atoms with Crippen molar-refractivity contribution in [3.63, 3.8) is 0 Å². The molecule has 1 aliphatic carbocycles. The molecule has 1 heterocycles. The normalized spacial score (nSPS) is 23.1. The van der Waals surface area contributed by atoms with Crippen molar-refractivity contribution in [2.45, 2.75) is 25.7 Å². The number of nitrogens with one attached hydrogen (secondary N) is 2. The monoisotopic (exact) mass is 328 g/mol. The molecule has 6 heteroatoms. The Morgan fingerprint density at radius 1 is 1.26 bits per heavy atom. The van der Waals surface area contributed by atoms with Crippen LogP contribution < -0.4 is 10.6 Å². The molecule has 1 aliphatic rings. The highest BCUT2D eigenvalue weighted by Crippen LogP contribution is 2.31. The fourth-order valence-electron chi connectivity index (χ4n) is 2.69. The molecule has 5 nitrogen and oxygen atoms in total. The maximum atomic E-state index is 9.42. The van der Waals surface area contributed by atoms with E-state index in [0.717, 1.165) is 29.1 Å². The molecule has 1 fully saturated rings.